The van der Waals surface area contributed by atoms with Gasteiger partial charge < -0.3 is 5.11 Å². The zero-order valence-corrected chi connectivity index (χ0v) is 5.26. The molecule has 0 heterocycles. The molecular formula is C7H10O2. The molecule has 0 aromatic rings. The van der Waals surface area contributed by atoms with Gasteiger partial charge in [0.1, 0.15) is 0 Å². The van der Waals surface area contributed by atoms with Crippen molar-refractivity contribution < 1.29 is 9.90 Å². The molecule has 0 aliphatic rings. The van der Waals surface area contributed by atoms with Gasteiger partial charge in [0.05, 0.1) is 0 Å². The molecule has 0 spiro atoms. The van der Waals surface area contributed by atoms with Crippen molar-refractivity contribution in [2.24, 2.45) is 0 Å². The van der Waals surface area contributed by atoms with E-state index >= 15 is 0 Å². The number of unbranched alkanes of at least 4 members (excludes halogenated alkanes) is 1. The van der Waals surface area contributed by atoms with Crippen LogP contribution >= 0.6 is 0 Å². The van der Waals surface area contributed by atoms with Crippen molar-refractivity contribution in [3.05, 3.63) is 0 Å². The van der Waals surface area contributed by atoms with E-state index in [1.165, 1.54) is 0 Å². The lowest BCUT2D eigenvalue weighted by Crippen LogP contribution is -1.93. The smallest absolute Gasteiger partial charge is 0.205 e. The van der Waals surface area contributed by atoms with Crippen molar-refractivity contribution >= 4 is 5.78 Å². The standard InChI is InChI=1S/C7H10O2/c1-2-7(9)5-3-4-6-8/h1,8H,3-6H2. The number of hydrogen-bond donors (Lipinski definition) is 1. The Balaban J connectivity index is 3.10. The maximum Gasteiger partial charge on any atom is 0.205 e. The molecule has 0 atom stereocenters. The Morgan fingerprint density at radius 2 is 2.22 bits per heavy atom. The summed E-state index contributed by atoms with van der Waals surface area (Å²) in [5.74, 6) is 1.83. The lowest BCUT2D eigenvalue weighted by atomic mass is 10.2. The minimum absolute atomic E-state index is 0.137. The average Bonchev–Trinajstić information content (AvgIpc) is 1.89. The molecule has 0 aliphatic carbocycles. The van der Waals surface area contributed by atoms with Gasteiger partial charge in [0.2, 0.25) is 5.78 Å². The first kappa shape index (κ1) is 8.19. The first-order valence-electron chi connectivity index (χ1n) is 2.91. The predicted octanol–water partition coefficient (Wildman–Crippen LogP) is 0.351. The normalized spacial score (nSPS) is 8.44. The Labute approximate surface area is 54.9 Å². The van der Waals surface area contributed by atoms with Crippen LogP contribution < -0.4 is 0 Å². The number of aliphatic hydroxyl groups excluding tert-OH is 1. The van der Waals surface area contributed by atoms with Crippen LogP contribution in [0.3, 0.4) is 0 Å². The molecule has 0 rings (SSSR count). The van der Waals surface area contributed by atoms with E-state index in [2.05, 4.69) is 0 Å². The summed E-state index contributed by atoms with van der Waals surface area (Å²) in [5.41, 5.74) is 0. The second-order valence-corrected chi connectivity index (χ2v) is 1.75. The highest BCUT2D eigenvalue weighted by molar-refractivity contribution is 5.94. The molecular weight excluding hydrogens is 116 g/mol. The fraction of sp³-hybridized carbons (Fsp3) is 0.571. The number of Topliss-reactive ketones (excluding diaryl/α,β-unsaturated/α-hetero) is 1. The summed E-state index contributed by atoms with van der Waals surface area (Å²) in [6, 6.07) is 0. The Bertz CT molecular complexity index is 121. The molecule has 0 aromatic heterocycles. The van der Waals surface area contributed by atoms with Gasteiger partial charge >= 0.3 is 0 Å². The number of carbonyl (C=O) groups is 1. The van der Waals surface area contributed by atoms with E-state index in [9.17, 15) is 4.79 Å². The topological polar surface area (TPSA) is 37.3 Å². The highest BCUT2D eigenvalue weighted by Gasteiger charge is 1.93. The predicted molar refractivity (Wildman–Crippen MR) is 34.8 cm³/mol. The summed E-state index contributed by atoms with van der Waals surface area (Å²) in [4.78, 5) is 10.4. The third-order valence-corrected chi connectivity index (χ3v) is 0.973. The number of aliphatic hydroxyl groups is 1. The van der Waals surface area contributed by atoms with Crippen molar-refractivity contribution in [2.45, 2.75) is 19.3 Å². The van der Waals surface area contributed by atoms with Crippen LogP contribution in [-0.4, -0.2) is 17.5 Å². The maximum absolute atomic E-state index is 10.4. The molecule has 0 aliphatic heterocycles. The second-order valence-electron chi connectivity index (χ2n) is 1.75. The number of rotatable bonds is 4. The Kier molecular flexibility index (Phi) is 4.85. The molecule has 0 radical (unpaired) electrons. The van der Waals surface area contributed by atoms with Crippen LogP contribution in [0, 0.1) is 12.3 Å². The minimum Gasteiger partial charge on any atom is -0.396 e. The molecule has 0 aromatic carbocycles. The molecule has 1 N–H and O–H groups in total. The fourth-order valence-electron chi connectivity index (χ4n) is 0.470. The van der Waals surface area contributed by atoms with Crippen molar-refractivity contribution in [3.63, 3.8) is 0 Å². The van der Waals surface area contributed by atoms with Crippen molar-refractivity contribution in [1.29, 1.82) is 0 Å². The van der Waals surface area contributed by atoms with Crippen LogP contribution in [0.25, 0.3) is 0 Å². The van der Waals surface area contributed by atoms with Crippen molar-refractivity contribution in [2.75, 3.05) is 6.61 Å². The van der Waals surface area contributed by atoms with Crippen LogP contribution in [0.2, 0.25) is 0 Å². The Hall–Kier alpha value is -0.810. The summed E-state index contributed by atoms with van der Waals surface area (Å²) < 4.78 is 0. The number of terminal acetylenes is 1. The van der Waals surface area contributed by atoms with Gasteiger partial charge in [-0.1, -0.05) is 0 Å². The quantitative estimate of drug-likeness (QED) is 0.335. The molecule has 2 heteroatoms. The largest absolute Gasteiger partial charge is 0.396 e. The zero-order chi connectivity index (χ0) is 7.11. The number of ketones is 1. The van der Waals surface area contributed by atoms with Crippen LogP contribution in [0.1, 0.15) is 19.3 Å². The molecule has 0 bridgehead atoms. The average molecular weight is 126 g/mol. The number of carbonyl (C=O) groups excluding carboxylic acids is 1. The maximum atomic E-state index is 10.4. The van der Waals surface area contributed by atoms with Gasteiger partial charge in [-0.3, -0.25) is 4.79 Å². The van der Waals surface area contributed by atoms with Crippen LogP contribution in [-0.2, 0) is 4.79 Å². The van der Waals surface area contributed by atoms with E-state index in [0.29, 0.717) is 19.3 Å². The lowest BCUT2D eigenvalue weighted by molar-refractivity contribution is -0.113. The first-order chi connectivity index (χ1) is 4.31. The minimum atomic E-state index is -0.177. The summed E-state index contributed by atoms with van der Waals surface area (Å²) in [5, 5.41) is 8.29. The SMILES string of the molecule is C#CC(=O)CCCCO. The summed E-state index contributed by atoms with van der Waals surface area (Å²) in [6.07, 6.45) is 6.55. The van der Waals surface area contributed by atoms with Crippen LogP contribution in [0.5, 0.6) is 0 Å². The van der Waals surface area contributed by atoms with E-state index in [-0.39, 0.29) is 12.4 Å². The van der Waals surface area contributed by atoms with Gasteiger partial charge in [0, 0.05) is 13.0 Å². The van der Waals surface area contributed by atoms with E-state index in [0.717, 1.165) is 0 Å². The molecule has 0 saturated heterocycles. The molecule has 2 nitrogen and oxygen atoms in total. The van der Waals surface area contributed by atoms with Gasteiger partial charge in [0.25, 0.3) is 0 Å². The fourth-order valence-corrected chi connectivity index (χ4v) is 0.470. The Morgan fingerprint density at radius 1 is 1.56 bits per heavy atom. The third-order valence-electron chi connectivity index (χ3n) is 0.973. The van der Waals surface area contributed by atoms with Gasteiger partial charge in [-0.05, 0) is 18.8 Å². The number of hydrogen-bond acceptors (Lipinski definition) is 2. The zero-order valence-electron chi connectivity index (χ0n) is 5.26. The molecule has 0 fully saturated rings. The molecule has 50 valence electrons. The molecule has 9 heavy (non-hydrogen) atoms. The monoisotopic (exact) mass is 126 g/mol. The third kappa shape index (κ3) is 5.05. The van der Waals surface area contributed by atoms with E-state index in [4.69, 9.17) is 11.5 Å². The van der Waals surface area contributed by atoms with Crippen molar-refractivity contribution in [1.82, 2.24) is 0 Å². The van der Waals surface area contributed by atoms with E-state index in [1.54, 1.807) is 0 Å². The van der Waals surface area contributed by atoms with Gasteiger partial charge in [0.15, 0.2) is 0 Å². The summed E-state index contributed by atoms with van der Waals surface area (Å²) >= 11 is 0. The molecule has 0 saturated carbocycles. The van der Waals surface area contributed by atoms with E-state index in [1.807, 2.05) is 5.92 Å². The summed E-state index contributed by atoms with van der Waals surface area (Å²) in [6.45, 7) is 0.137. The summed E-state index contributed by atoms with van der Waals surface area (Å²) in [7, 11) is 0. The lowest BCUT2D eigenvalue weighted by Gasteiger charge is -1.90. The van der Waals surface area contributed by atoms with Crippen LogP contribution in [0.4, 0.5) is 0 Å². The first-order valence-corrected chi connectivity index (χ1v) is 2.91. The molecule has 0 unspecified atom stereocenters. The van der Waals surface area contributed by atoms with E-state index < -0.39 is 0 Å². The van der Waals surface area contributed by atoms with Gasteiger partial charge in [-0.15, -0.1) is 6.42 Å². The van der Waals surface area contributed by atoms with Crippen LogP contribution in [0.15, 0.2) is 0 Å². The Morgan fingerprint density at radius 3 is 2.67 bits per heavy atom. The van der Waals surface area contributed by atoms with Gasteiger partial charge in [-0.2, -0.15) is 0 Å². The molecule has 0 amide bonds. The highest BCUT2D eigenvalue weighted by Crippen LogP contribution is 1.93. The van der Waals surface area contributed by atoms with Gasteiger partial charge in [-0.25, -0.2) is 0 Å². The highest BCUT2D eigenvalue weighted by atomic mass is 16.2. The second kappa shape index (κ2) is 5.33. The van der Waals surface area contributed by atoms with Crippen molar-refractivity contribution in [3.8, 4) is 12.3 Å².